The molecule has 1 atom stereocenters. The summed E-state index contributed by atoms with van der Waals surface area (Å²) >= 11 is 0. The maximum absolute atomic E-state index is 14.0. The van der Waals surface area contributed by atoms with E-state index in [2.05, 4.69) is 0 Å². The van der Waals surface area contributed by atoms with Gasteiger partial charge in [0.05, 0.1) is 13.0 Å². The van der Waals surface area contributed by atoms with Gasteiger partial charge in [0, 0.05) is 24.0 Å². The molecule has 2 aliphatic rings. The molecule has 4 rings (SSSR count). The van der Waals surface area contributed by atoms with E-state index in [9.17, 15) is 14.0 Å². The van der Waals surface area contributed by atoms with E-state index in [1.54, 1.807) is 24.3 Å². The van der Waals surface area contributed by atoms with Crippen molar-refractivity contribution < 1.29 is 18.7 Å². The van der Waals surface area contributed by atoms with E-state index in [1.165, 1.54) is 13.2 Å². The van der Waals surface area contributed by atoms with Crippen molar-refractivity contribution in [3.63, 3.8) is 0 Å². The fraction of sp³-hybridized carbons (Fsp3) is 0.400. The van der Waals surface area contributed by atoms with E-state index in [0.717, 1.165) is 19.3 Å². The number of methoxy groups -OCH3 is 1. The van der Waals surface area contributed by atoms with E-state index in [0.29, 0.717) is 29.4 Å². The Hall–Kier alpha value is -2.43. The fourth-order valence-corrected chi connectivity index (χ4v) is 4.15. The average molecular weight is 341 g/mol. The first-order chi connectivity index (χ1) is 12.1. The second-order valence-electron chi connectivity index (χ2n) is 7.07. The van der Waals surface area contributed by atoms with Gasteiger partial charge in [-0.15, -0.1) is 0 Å². The third-order valence-electron chi connectivity index (χ3n) is 5.82. The maximum atomic E-state index is 14.0. The summed E-state index contributed by atoms with van der Waals surface area (Å²) in [6.07, 6.45) is 2.50. The number of ether oxygens (including phenoxy) is 1. The van der Waals surface area contributed by atoms with Crippen LogP contribution in [0.3, 0.4) is 0 Å². The van der Waals surface area contributed by atoms with Crippen LogP contribution >= 0.6 is 0 Å². The van der Waals surface area contributed by atoms with Crippen molar-refractivity contribution in [2.45, 2.75) is 19.3 Å². The number of amides is 1. The van der Waals surface area contributed by atoms with Crippen LogP contribution in [0, 0.1) is 17.2 Å². The number of carbonyl (C=O) groups excluding carboxylic acids is 2. The summed E-state index contributed by atoms with van der Waals surface area (Å²) in [4.78, 5) is 26.5. The molecule has 130 valence electrons. The molecule has 0 N–H and O–H groups in total. The largest absolute Gasteiger partial charge is 0.469 e. The Morgan fingerprint density at radius 2 is 1.80 bits per heavy atom. The second-order valence-corrected chi connectivity index (χ2v) is 7.07. The van der Waals surface area contributed by atoms with Gasteiger partial charge in [0.2, 0.25) is 0 Å². The number of carbonyl (C=O) groups is 2. The lowest BCUT2D eigenvalue weighted by atomic mass is 9.90. The van der Waals surface area contributed by atoms with Crippen LogP contribution in [0.15, 0.2) is 36.4 Å². The van der Waals surface area contributed by atoms with Gasteiger partial charge in [0.15, 0.2) is 0 Å². The van der Waals surface area contributed by atoms with Gasteiger partial charge in [-0.3, -0.25) is 9.59 Å². The van der Waals surface area contributed by atoms with Crippen molar-refractivity contribution in [3.05, 3.63) is 47.8 Å². The Morgan fingerprint density at radius 1 is 1.12 bits per heavy atom. The van der Waals surface area contributed by atoms with Crippen LogP contribution < -0.4 is 0 Å². The highest BCUT2D eigenvalue weighted by atomic mass is 19.1. The van der Waals surface area contributed by atoms with Crippen LogP contribution in [0.4, 0.5) is 4.39 Å². The highest BCUT2D eigenvalue weighted by molar-refractivity contribution is 6.07. The molecule has 2 aromatic rings. The number of esters is 1. The Morgan fingerprint density at radius 3 is 2.48 bits per heavy atom. The Bertz CT molecular complexity index is 855. The zero-order chi connectivity index (χ0) is 17.6. The van der Waals surface area contributed by atoms with Crippen molar-refractivity contribution in [3.8, 4) is 0 Å². The minimum atomic E-state index is -0.316. The molecule has 0 radical (unpaired) electrons. The molecule has 1 amide bonds. The first-order valence-corrected chi connectivity index (χ1v) is 8.60. The summed E-state index contributed by atoms with van der Waals surface area (Å²) in [6, 6.07) is 9.98. The molecular weight excluding hydrogens is 321 g/mol. The fourth-order valence-electron chi connectivity index (χ4n) is 4.15. The Kier molecular flexibility index (Phi) is 3.74. The number of nitrogens with zero attached hydrogens (tertiary/aromatic N) is 1. The summed E-state index contributed by atoms with van der Waals surface area (Å²) in [6.45, 7) is 1.25. The standard InChI is InChI=1S/C20H20FNO3/c1-25-19(24)16-12-20(16)8-10-22(11-9-20)18(23)15-6-7-17(21)14-5-3-2-4-13(14)15/h2-7,16H,8-12H2,1H3. The number of piperidine rings is 1. The molecule has 1 unspecified atom stereocenters. The van der Waals surface area contributed by atoms with Gasteiger partial charge in [-0.25, -0.2) is 4.39 Å². The topological polar surface area (TPSA) is 46.6 Å². The molecule has 1 heterocycles. The molecule has 5 heteroatoms. The SMILES string of the molecule is COC(=O)C1CC12CCN(C(=O)c1ccc(F)c3ccccc13)CC2. The molecule has 4 nitrogen and oxygen atoms in total. The smallest absolute Gasteiger partial charge is 0.309 e. The molecule has 25 heavy (non-hydrogen) atoms. The van der Waals surface area contributed by atoms with E-state index in [1.807, 2.05) is 11.0 Å². The summed E-state index contributed by atoms with van der Waals surface area (Å²) in [5.41, 5.74) is 0.558. The monoisotopic (exact) mass is 341 g/mol. The van der Waals surface area contributed by atoms with Crippen LogP contribution in [0.2, 0.25) is 0 Å². The molecule has 1 aliphatic heterocycles. The van der Waals surface area contributed by atoms with E-state index in [4.69, 9.17) is 4.74 Å². The first kappa shape index (κ1) is 16.1. The zero-order valence-corrected chi connectivity index (χ0v) is 14.1. The molecule has 1 saturated heterocycles. The molecule has 1 aliphatic carbocycles. The predicted octanol–water partition coefficient (Wildman–Crippen LogP) is 3.39. The molecule has 1 spiro atoms. The van der Waals surface area contributed by atoms with Crippen LogP contribution in [0.25, 0.3) is 10.8 Å². The molecule has 0 aromatic heterocycles. The summed E-state index contributed by atoms with van der Waals surface area (Å²) in [7, 11) is 1.42. The molecule has 0 bridgehead atoms. The van der Waals surface area contributed by atoms with Crippen LogP contribution in [-0.2, 0) is 9.53 Å². The second kappa shape index (κ2) is 5.83. The number of benzene rings is 2. The van der Waals surface area contributed by atoms with Crippen molar-refractivity contribution in [1.29, 1.82) is 0 Å². The third-order valence-corrected chi connectivity index (χ3v) is 5.82. The van der Waals surface area contributed by atoms with Gasteiger partial charge in [0.25, 0.3) is 5.91 Å². The van der Waals surface area contributed by atoms with Gasteiger partial charge < -0.3 is 9.64 Å². The number of rotatable bonds is 2. The van der Waals surface area contributed by atoms with Gasteiger partial charge in [0.1, 0.15) is 5.82 Å². The van der Waals surface area contributed by atoms with Crippen molar-refractivity contribution >= 4 is 22.6 Å². The molecular formula is C20H20FNO3. The number of fused-ring (bicyclic) bond motifs is 1. The van der Waals surface area contributed by atoms with Gasteiger partial charge in [-0.2, -0.15) is 0 Å². The van der Waals surface area contributed by atoms with E-state index < -0.39 is 0 Å². The number of likely N-dealkylation sites (tertiary alicyclic amines) is 1. The minimum absolute atomic E-state index is 0.0126. The summed E-state index contributed by atoms with van der Waals surface area (Å²) in [5.74, 6) is -0.532. The lowest BCUT2D eigenvalue weighted by Gasteiger charge is -2.33. The molecule has 2 aromatic carbocycles. The van der Waals surface area contributed by atoms with Crippen LogP contribution in [-0.4, -0.2) is 37.0 Å². The van der Waals surface area contributed by atoms with Gasteiger partial charge in [-0.1, -0.05) is 24.3 Å². The average Bonchev–Trinajstić information content (AvgIpc) is 3.35. The highest BCUT2D eigenvalue weighted by Gasteiger charge is 2.59. The van der Waals surface area contributed by atoms with Crippen molar-refractivity contribution in [2.75, 3.05) is 20.2 Å². The predicted molar refractivity (Wildman–Crippen MR) is 91.6 cm³/mol. The lowest BCUT2D eigenvalue weighted by molar-refractivity contribution is -0.143. The molecule has 2 fully saturated rings. The van der Waals surface area contributed by atoms with E-state index >= 15 is 0 Å². The Balaban J connectivity index is 1.52. The minimum Gasteiger partial charge on any atom is -0.469 e. The third kappa shape index (κ3) is 2.58. The number of halogens is 1. The number of hydrogen-bond acceptors (Lipinski definition) is 3. The van der Waals surface area contributed by atoms with Crippen LogP contribution in [0.1, 0.15) is 29.6 Å². The summed E-state index contributed by atoms with van der Waals surface area (Å²) in [5, 5.41) is 1.11. The lowest BCUT2D eigenvalue weighted by Crippen LogP contribution is -2.40. The summed E-state index contributed by atoms with van der Waals surface area (Å²) < 4.78 is 18.8. The number of hydrogen-bond donors (Lipinski definition) is 0. The van der Waals surface area contributed by atoms with Gasteiger partial charge in [-0.05, 0) is 42.2 Å². The molecule has 1 saturated carbocycles. The maximum Gasteiger partial charge on any atom is 0.309 e. The van der Waals surface area contributed by atoms with Gasteiger partial charge >= 0.3 is 5.97 Å². The van der Waals surface area contributed by atoms with E-state index in [-0.39, 0.29) is 29.0 Å². The van der Waals surface area contributed by atoms with Crippen LogP contribution in [0.5, 0.6) is 0 Å². The quantitative estimate of drug-likeness (QED) is 0.787. The van der Waals surface area contributed by atoms with Crippen molar-refractivity contribution in [1.82, 2.24) is 4.90 Å². The highest BCUT2D eigenvalue weighted by Crippen LogP contribution is 2.59. The zero-order valence-electron chi connectivity index (χ0n) is 14.1. The normalized spacial score (nSPS) is 21.4. The first-order valence-electron chi connectivity index (χ1n) is 8.60. The Labute approximate surface area is 145 Å². The van der Waals surface area contributed by atoms with Crippen molar-refractivity contribution in [2.24, 2.45) is 11.3 Å².